The Balaban J connectivity index is 1.93. The monoisotopic (exact) mass is 422 g/mol. The van der Waals surface area contributed by atoms with Gasteiger partial charge < -0.3 is 0 Å². The molecule has 0 aliphatic carbocycles. The first kappa shape index (κ1) is 21.9. The van der Waals surface area contributed by atoms with Gasteiger partial charge in [0.25, 0.3) is 11.8 Å². The highest BCUT2D eigenvalue weighted by molar-refractivity contribution is 7.99. The number of benzene rings is 1. The van der Waals surface area contributed by atoms with Gasteiger partial charge in [-0.25, -0.2) is 13.4 Å². The Labute approximate surface area is 168 Å². The van der Waals surface area contributed by atoms with Crippen molar-refractivity contribution < 1.29 is 18.0 Å². The normalized spacial score (nSPS) is 11.3. The summed E-state index contributed by atoms with van der Waals surface area (Å²) in [4.78, 5) is 28.4. The number of aromatic nitrogens is 1. The summed E-state index contributed by atoms with van der Waals surface area (Å²) in [6.45, 7) is 3.38. The molecule has 2 amide bonds. The molecule has 0 radical (unpaired) electrons. The van der Waals surface area contributed by atoms with Crippen molar-refractivity contribution >= 4 is 33.6 Å². The van der Waals surface area contributed by atoms with Crippen molar-refractivity contribution in [3.63, 3.8) is 0 Å². The van der Waals surface area contributed by atoms with Crippen LogP contribution in [0.4, 0.5) is 0 Å². The summed E-state index contributed by atoms with van der Waals surface area (Å²) in [7, 11) is -2.51. The van der Waals surface area contributed by atoms with E-state index in [1.54, 1.807) is 18.2 Å². The van der Waals surface area contributed by atoms with E-state index >= 15 is 0 Å². The fourth-order valence-electron chi connectivity index (χ4n) is 2.19. The number of rotatable bonds is 7. The molecule has 1 aromatic carbocycles. The topological polar surface area (TPSA) is 108 Å². The second kappa shape index (κ2) is 9.67. The number of hydrazine groups is 1. The van der Waals surface area contributed by atoms with Crippen LogP contribution in [0.25, 0.3) is 0 Å². The Kier molecular flexibility index (Phi) is 7.55. The molecule has 0 fully saturated rings. The van der Waals surface area contributed by atoms with Gasteiger partial charge in [-0.05, 0) is 36.9 Å². The van der Waals surface area contributed by atoms with Crippen LogP contribution < -0.4 is 10.9 Å². The van der Waals surface area contributed by atoms with E-state index in [-0.39, 0.29) is 4.90 Å². The lowest BCUT2D eigenvalue weighted by Crippen LogP contribution is -2.46. The number of hydrogen-bond donors (Lipinski definition) is 2. The molecular formula is C18H22N4O4S2. The quantitative estimate of drug-likeness (QED) is 0.518. The highest BCUT2D eigenvalue weighted by Crippen LogP contribution is 2.16. The molecule has 0 bridgehead atoms. The zero-order valence-electron chi connectivity index (χ0n) is 15.8. The van der Waals surface area contributed by atoms with Crippen LogP contribution in [-0.4, -0.2) is 48.9 Å². The predicted octanol–water partition coefficient (Wildman–Crippen LogP) is 1.58. The Bertz CT molecular complexity index is 946. The van der Waals surface area contributed by atoms with Gasteiger partial charge in [0.2, 0.25) is 10.0 Å². The molecule has 10 heteroatoms. The first-order chi connectivity index (χ1) is 13.2. The molecule has 1 aromatic heterocycles. The first-order valence-corrected chi connectivity index (χ1v) is 10.9. The minimum atomic E-state index is -3.80. The standard InChI is InChI=1S/C18H22N4O4S2/c1-4-27-17-11-14(9-10-19-17)18(24)21-20-16(23)12-22(3)28(25,26)15-7-5-13(2)6-8-15/h5-11H,4,12H2,1-3H3,(H,20,23)(H,21,24). The lowest BCUT2D eigenvalue weighted by atomic mass is 10.2. The highest BCUT2D eigenvalue weighted by atomic mass is 32.2. The number of carbonyl (C=O) groups is 2. The van der Waals surface area contributed by atoms with Gasteiger partial charge in [0.1, 0.15) is 0 Å². The van der Waals surface area contributed by atoms with E-state index in [9.17, 15) is 18.0 Å². The number of thioether (sulfide) groups is 1. The van der Waals surface area contributed by atoms with E-state index in [0.29, 0.717) is 10.6 Å². The van der Waals surface area contributed by atoms with Gasteiger partial charge in [-0.15, -0.1) is 11.8 Å². The second-order valence-corrected chi connectivity index (χ2v) is 9.22. The second-order valence-electron chi connectivity index (χ2n) is 5.89. The number of amides is 2. The van der Waals surface area contributed by atoms with Crippen LogP contribution >= 0.6 is 11.8 Å². The fourth-order valence-corrected chi connectivity index (χ4v) is 3.96. The van der Waals surface area contributed by atoms with Crippen molar-refractivity contribution in [1.29, 1.82) is 0 Å². The first-order valence-electron chi connectivity index (χ1n) is 8.45. The summed E-state index contributed by atoms with van der Waals surface area (Å²) in [6, 6.07) is 9.47. The number of nitrogens with zero attached hydrogens (tertiary/aromatic N) is 2. The number of hydrogen-bond acceptors (Lipinski definition) is 6. The fraction of sp³-hybridized carbons (Fsp3) is 0.278. The molecule has 0 aliphatic heterocycles. The largest absolute Gasteiger partial charge is 0.272 e. The summed E-state index contributed by atoms with van der Waals surface area (Å²) in [5.74, 6) is -0.363. The Morgan fingerprint density at radius 3 is 2.46 bits per heavy atom. The summed E-state index contributed by atoms with van der Waals surface area (Å²) in [5, 5.41) is 0.699. The third-order valence-electron chi connectivity index (χ3n) is 3.70. The Hall–Kier alpha value is -2.43. The molecule has 2 rings (SSSR count). The van der Waals surface area contributed by atoms with E-state index in [1.165, 1.54) is 43.2 Å². The van der Waals surface area contributed by atoms with Crippen LogP contribution in [0, 0.1) is 6.92 Å². The van der Waals surface area contributed by atoms with E-state index in [0.717, 1.165) is 15.6 Å². The van der Waals surface area contributed by atoms with Crippen LogP contribution in [-0.2, 0) is 14.8 Å². The molecule has 0 saturated heterocycles. The van der Waals surface area contributed by atoms with Crippen molar-refractivity contribution in [3.05, 3.63) is 53.7 Å². The van der Waals surface area contributed by atoms with Crippen LogP contribution in [0.1, 0.15) is 22.8 Å². The van der Waals surface area contributed by atoms with Gasteiger partial charge in [-0.1, -0.05) is 24.6 Å². The molecule has 0 unspecified atom stereocenters. The molecule has 0 aliphatic rings. The maximum absolute atomic E-state index is 12.5. The highest BCUT2D eigenvalue weighted by Gasteiger charge is 2.23. The average molecular weight is 423 g/mol. The number of nitrogens with one attached hydrogen (secondary N) is 2. The van der Waals surface area contributed by atoms with Crippen molar-refractivity contribution in [3.8, 4) is 0 Å². The minimum absolute atomic E-state index is 0.0928. The number of likely N-dealkylation sites (N-methyl/N-ethyl adjacent to an activating group) is 1. The third kappa shape index (κ3) is 5.78. The molecule has 1 heterocycles. The molecule has 0 atom stereocenters. The van der Waals surface area contributed by atoms with Gasteiger partial charge >= 0.3 is 0 Å². The van der Waals surface area contributed by atoms with E-state index in [4.69, 9.17) is 0 Å². The van der Waals surface area contributed by atoms with Crippen LogP contribution in [0.5, 0.6) is 0 Å². The minimum Gasteiger partial charge on any atom is -0.272 e. The maximum atomic E-state index is 12.5. The van der Waals surface area contributed by atoms with E-state index < -0.39 is 28.4 Å². The molecular weight excluding hydrogens is 400 g/mol. The van der Waals surface area contributed by atoms with Crippen LogP contribution in [0.3, 0.4) is 0 Å². The summed E-state index contributed by atoms with van der Waals surface area (Å²) in [5.41, 5.74) is 5.77. The van der Waals surface area contributed by atoms with Gasteiger partial charge in [-0.3, -0.25) is 20.4 Å². The number of pyridine rings is 1. The maximum Gasteiger partial charge on any atom is 0.269 e. The van der Waals surface area contributed by atoms with Gasteiger partial charge in [0.15, 0.2) is 0 Å². The third-order valence-corrected chi connectivity index (χ3v) is 6.33. The zero-order valence-corrected chi connectivity index (χ0v) is 17.4. The van der Waals surface area contributed by atoms with Crippen LogP contribution in [0.2, 0.25) is 0 Å². The van der Waals surface area contributed by atoms with Crippen molar-refractivity contribution in [2.45, 2.75) is 23.8 Å². The average Bonchev–Trinajstić information content (AvgIpc) is 2.67. The summed E-state index contributed by atoms with van der Waals surface area (Å²) >= 11 is 1.49. The van der Waals surface area contributed by atoms with Crippen molar-refractivity contribution in [1.82, 2.24) is 20.1 Å². The van der Waals surface area contributed by atoms with Crippen molar-refractivity contribution in [2.75, 3.05) is 19.3 Å². The lowest BCUT2D eigenvalue weighted by molar-refractivity contribution is -0.121. The molecule has 150 valence electrons. The summed E-state index contributed by atoms with van der Waals surface area (Å²) in [6.07, 6.45) is 1.51. The van der Waals surface area contributed by atoms with E-state index in [1.807, 2.05) is 13.8 Å². The Morgan fingerprint density at radius 1 is 1.14 bits per heavy atom. The predicted molar refractivity (Wildman–Crippen MR) is 107 cm³/mol. The lowest BCUT2D eigenvalue weighted by Gasteiger charge is -2.17. The van der Waals surface area contributed by atoms with Crippen LogP contribution in [0.15, 0.2) is 52.5 Å². The molecule has 28 heavy (non-hydrogen) atoms. The molecule has 2 N–H and O–H groups in total. The number of sulfonamides is 1. The van der Waals surface area contributed by atoms with E-state index in [2.05, 4.69) is 15.8 Å². The van der Waals surface area contributed by atoms with Gasteiger partial charge in [0.05, 0.1) is 16.5 Å². The smallest absolute Gasteiger partial charge is 0.269 e. The molecule has 0 saturated carbocycles. The molecule has 0 spiro atoms. The zero-order chi connectivity index (χ0) is 20.7. The number of aryl methyl sites for hydroxylation is 1. The summed E-state index contributed by atoms with van der Waals surface area (Å²) < 4.78 is 25.9. The molecule has 8 nitrogen and oxygen atoms in total. The number of carbonyl (C=O) groups excluding carboxylic acids is 2. The van der Waals surface area contributed by atoms with Crippen molar-refractivity contribution in [2.24, 2.45) is 0 Å². The SMILES string of the molecule is CCSc1cc(C(=O)NNC(=O)CN(C)S(=O)(=O)c2ccc(C)cc2)ccn1. The van der Waals surface area contributed by atoms with Gasteiger partial charge in [0, 0.05) is 18.8 Å². The van der Waals surface area contributed by atoms with Gasteiger partial charge in [-0.2, -0.15) is 4.31 Å². The molecule has 2 aromatic rings. The Morgan fingerprint density at radius 2 is 1.82 bits per heavy atom.